The van der Waals surface area contributed by atoms with E-state index >= 15 is 0 Å². The predicted molar refractivity (Wildman–Crippen MR) is 166 cm³/mol. The predicted octanol–water partition coefficient (Wildman–Crippen LogP) is 5.30. The number of fused-ring (bicyclic) bond motifs is 1. The molecule has 0 spiro atoms. The molecule has 234 valence electrons. The molecule has 1 aromatic heterocycles. The Morgan fingerprint density at radius 3 is 2.24 bits per heavy atom. The number of halogens is 1. The number of hydrogen-bond donors (Lipinski definition) is 5. The number of pyridine rings is 1. The third-order valence-corrected chi connectivity index (χ3v) is 6.49. The average Bonchev–Trinajstić information content (AvgIpc) is 2.99. The summed E-state index contributed by atoms with van der Waals surface area (Å²) in [5.74, 6) is -4.07. The molecule has 5 N–H and O–H groups in total. The fourth-order valence-corrected chi connectivity index (χ4v) is 4.25. The highest BCUT2D eigenvalue weighted by molar-refractivity contribution is 6.31. The summed E-state index contributed by atoms with van der Waals surface area (Å²) < 4.78 is 10.5. The molecule has 3 aromatic carbocycles. The summed E-state index contributed by atoms with van der Waals surface area (Å²) in [7, 11) is 3.10. The van der Waals surface area contributed by atoms with Gasteiger partial charge < -0.3 is 35.2 Å². The monoisotopic (exact) mass is 636 g/mol. The van der Waals surface area contributed by atoms with Crippen LogP contribution in [0.5, 0.6) is 11.5 Å². The first-order chi connectivity index (χ1) is 21.3. The van der Waals surface area contributed by atoms with E-state index in [1.165, 1.54) is 13.2 Å². The summed E-state index contributed by atoms with van der Waals surface area (Å²) in [4.78, 5) is 47.6. The van der Waals surface area contributed by atoms with Crippen molar-refractivity contribution >= 4 is 63.6 Å². The molecule has 4 aromatic rings. The third kappa shape index (κ3) is 9.51. The number of ketones is 1. The van der Waals surface area contributed by atoms with E-state index in [1.54, 1.807) is 37.6 Å². The first-order valence-electron chi connectivity index (χ1n) is 13.1. The van der Waals surface area contributed by atoms with Gasteiger partial charge in [0.2, 0.25) is 0 Å². The van der Waals surface area contributed by atoms with Crippen LogP contribution in [0.2, 0.25) is 5.02 Å². The number of carboxylic acids is 3. The molecule has 4 rings (SSSR count). The highest BCUT2D eigenvalue weighted by atomic mass is 35.5. The van der Waals surface area contributed by atoms with Gasteiger partial charge in [0.05, 0.1) is 38.1 Å². The summed E-state index contributed by atoms with van der Waals surface area (Å²) >= 11 is 6.08. The van der Waals surface area contributed by atoms with Gasteiger partial charge >= 0.3 is 17.9 Å². The van der Waals surface area contributed by atoms with Crippen molar-refractivity contribution < 1.29 is 49.1 Å². The van der Waals surface area contributed by atoms with Crippen LogP contribution in [-0.4, -0.2) is 68.9 Å². The van der Waals surface area contributed by atoms with Crippen molar-refractivity contribution in [1.82, 2.24) is 4.98 Å². The van der Waals surface area contributed by atoms with Gasteiger partial charge in [-0.3, -0.25) is 19.4 Å². The zero-order valence-corrected chi connectivity index (χ0v) is 24.8. The summed E-state index contributed by atoms with van der Waals surface area (Å²) in [6.45, 7) is 0. The zero-order valence-electron chi connectivity index (χ0n) is 24.1. The van der Waals surface area contributed by atoms with Crippen LogP contribution in [0, 0.1) is 0 Å². The maximum Gasteiger partial charge on any atom is 0.336 e. The molecule has 12 nitrogen and oxygen atoms in total. The molecule has 0 aliphatic carbocycles. The molecule has 0 saturated heterocycles. The number of nitrogens with zero attached hydrogens (tertiary/aromatic N) is 1. The molecule has 0 bridgehead atoms. The van der Waals surface area contributed by atoms with E-state index in [4.69, 9.17) is 41.5 Å². The average molecular weight is 637 g/mol. The lowest BCUT2D eigenvalue weighted by molar-refractivity contribution is -0.170. The van der Waals surface area contributed by atoms with E-state index in [-0.39, 0.29) is 5.78 Å². The molecule has 0 unspecified atom stereocenters. The highest BCUT2D eigenvalue weighted by Gasteiger charge is 2.40. The smallest absolute Gasteiger partial charge is 0.336 e. The number of aliphatic hydroxyl groups is 1. The van der Waals surface area contributed by atoms with Gasteiger partial charge in [0.25, 0.3) is 0 Å². The van der Waals surface area contributed by atoms with Crippen LogP contribution >= 0.6 is 11.6 Å². The molecule has 1 heterocycles. The number of aliphatic carboxylic acids is 3. The summed E-state index contributed by atoms with van der Waals surface area (Å²) in [6.07, 6.45) is 2.77. The molecule has 0 amide bonds. The summed E-state index contributed by atoms with van der Waals surface area (Å²) in [6, 6.07) is 20.5. The number of anilines is 2. The second kappa shape index (κ2) is 15.3. The third-order valence-electron chi connectivity index (χ3n) is 6.26. The van der Waals surface area contributed by atoms with Crippen LogP contribution in [-0.2, 0) is 14.4 Å². The fourth-order valence-electron chi connectivity index (χ4n) is 4.08. The summed E-state index contributed by atoms with van der Waals surface area (Å²) in [5.41, 5.74) is 1.25. The van der Waals surface area contributed by atoms with Gasteiger partial charge in [0, 0.05) is 34.0 Å². The fraction of sp³-hybridized carbons (Fsp3) is 0.156. The van der Waals surface area contributed by atoms with Gasteiger partial charge in [-0.05, 0) is 60.2 Å². The number of allylic oxidation sites excluding steroid dienone is 1. The van der Waals surface area contributed by atoms with Gasteiger partial charge in [-0.1, -0.05) is 29.8 Å². The van der Waals surface area contributed by atoms with Gasteiger partial charge in [-0.25, -0.2) is 4.79 Å². The number of carboxylic acid groups (broad SMARTS) is 3. The van der Waals surface area contributed by atoms with Gasteiger partial charge in [-0.2, -0.15) is 0 Å². The second-order valence-corrected chi connectivity index (χ2v) is 9.95. The Morgan fingerprint density at radius 1 is 0.911 bits per heavy atom. The molecule has 0 radical (unpaired) electrons. The maximum absolute atomic E-state index is 12.7. The minimum atomic E-state index is -2.74. The van der Waals surface area contributed by atoms with Crippen molar-refractivity contribution in [2.75, 3.05) is 19.5 Å². The minimum Gasteiger partial charge on any atom is -0.497 e. The second-order valence-electron chi connectivity index (χ2n) is 9.51. The number of rotatable bonds is 12. The molecule has 0 aliphatic rings. The normalized spacial score (nSPS) is 10.9. The molecular formula is C32H29ClN2O10. The number of carbonyl (C=O) groups is 4. The van der Waals surface area contributed by atoms with Gasteiger partial charge in [0.1, 0.15) is 11.5 Å². The molecule has 0 fully saturated rings. The quantitative estimate of drug-likeness (QED) is 0.0997. The lowest BCUT2D eigenvalue weighted by Gasteiger charge is -2.18. The molecule has 45 heavy (non-hydrogen) atoms. The Morgan fingerprint density at radius 2 is 1.62 bits per heavy atom. The Balaban J connectivity index is 0.000000360. The molecular weight excluding hydrogens is 608 g/mol. The van der Waals surface area contributed by atoms with Crippen LogP contribution in [0.15, 0.2) is 79.0 Å². The van der Waals surface area contributed by atoms with Crippen molar-refractivity contribution in [3.05, 3.63) is 95.2 Å². The van der Waals surface area contributed by atoms with Crippen LogP contribution < -0.4 is 14.8 Å². The van der Waals surface area contributed by atoms with Crippen molar-refractivity contribution in [1.29, 1.82) is 0 Å². The number of nitrogens with one attached hydrogen (secondary N) is 1. The minimum absolute atomic E-state index is 0.153. The molecule has 0 atom stereocenters. The van der Waals surface area contributed by atoms with Crippen molar-refractivity contribution in [3.63, 3.8) is 0 Å². The molecule has 0 saturated carbocycles. The topological polar surface area (TPSA) is 193 Å². The largest absolute Gasteiger partial charge is 0.497 e. The first kappa shape index (κ1) is 34.0. The maximum atomic E-state index is 12.7. The van der Waals surface area contributed by atoms with Crippen LogP contribution in [0.25, 0.3) is 17.0 Å². The first-order valence-corrected chi connectivity index (χ1v) is 13.5. The SMILES string of the molecule is COc1ccc(C(=O)/C=C/c2cccc(Nc3ccnc4cc(Cl)ccc34)c2)c(OC)c1.O=C(O)CC(O)(CC(=O)O)C(=O)O. The Bertz CT molecular complexity index is 1740. The van der Waals surface area contributed by atoms with E-state index in [1.807, 2.05) is 48.5 Å². The summed E-state index contributed by atoms with van der Waals surface area (Å²) in [5, 5.41) is 38.8. The Labute approximate surface area is 262 Å². The van der Waals surface area contributed by atoms with Gasteiger partial charge in [0.15, 0.2) is 11.4 Å². The molecule has 13 heteroatoms. The number of carbonyl (C=O) groups excluding carboxylic acids is 1. The number of benzene rings is 3. The van der Waals surface area contributed by atoms with Crippen LogP contribution in [0.3, 0.4) is 0 Å². The zero-order chi connectivity index (χ0) is 33.1. The Kier molecular flexibility index (Phi) is 11.6. The number of ether oxygens (including phenoxy) is 2. The van der Waals surface area contributed by atoms with Crippen molar-refractivity contribution in [2.45, 2.75) is 18.4 Å². The Hall–Kier alpha value is -5.46. The number of aromatic nitrogens is 1. The van der Waals surface area contributed by atoms with E-state index in [0.29, 0.717) is 22.1 Å². The van der Waals surface area contributed by atoms with E-state index in [0.717, 1.165) is 27.8 Å². The van der Waals surface area contributed by atoms with E-state index < -0.39 is 36.4 Å². The van der Waals surface area contributed by atoms with E-state index in [9.17, 15) is 19.2 Å². The van der Waals surface area contributed by atoms with Crippen molar-refractivity contribution in [2.24, 2.45) is 0 Å². The lowest BCUT2D eigenvalue weighted by Crippen LogP contribution is -2.42. The van der Waals surface area contributed by atoms with Crippen LogP contribution in [0.1, 0.15) is 28.8 Å². The van der Waals surface area contributed by atoms with Crippen LogP contribution in [0.4, 0.5) is 11.4 Å². The number of hydrogen-bond acceptors (Lipinski definition) is 9. The standard InChI is InChI=1S/C26H21ClN2O3.C6H8O7/c1-31-20-8-10-22(26(16-20)32-2)25(30)11-6-17-4-3-5-19(14-17)29-23-12-13-28-24-15-18(27)7-9-21(23)24;7-3(8)1-6(13,5(11)12)2-4(9)10/h3-16H,1-2H3,(H,28,29);13H,1-2H2,(H,7,8)(H,9,10)(H,11,12)/b11-6+;. The lowest BCUT2D eigenvalue weighted by atomic mass is 9.96. The van der Waals surface area contributed by atoms with Gasteiger partial charge in [-0.15, -0.1) is 0 Å². The highest BCUT2D eigenvalue weighted by Crippen LogP contribution is 2.28. The van der Waals surface area contributed by atoms with Crippen molar-refractivity contribution in [3.8, 4) is 11.5 Å². The number of methoxy groups -OCH3 is 2. The molecule has 0 aliphatic heterocycles. The van der Waals surface area contributed by atoms with E-state index in [2.05, 4.69) is 10.3 Å².